The average molecular weight is 143 g/mol. The number of hydrogen-bond acceptors (Lipinski definition) is 2. The Bertz CT molecular complexity index is 119. The second kappa shape index (κ2) is 3.10. The van der Waals surface area contributed by atoms with Crippen molar-refractivity contribution in [2.24, 2.45) is 5.29 Å². The highest BCUT2D eigenvalue weighted by molar-refractivity contribution is 4.49. The minimum Gasteiger partial charge on any atom is -0.161 e. The first-order valence-electron chi connectivity index (χ1n) is 4.04. The molecule has 58 valence electrons. The third kappa shape index (κ3) is 1.34. The van der Waals surface area contributed by atoms with Gasteiger partial charge in [0.2, 0.25) is 0 Å². The summed E-state index contributed by atoms with van der Waals surface area (Å²) in [6.07, 6.45) is 3.61. The van der Waals surface area contributed by atoms with Crippen LogP contribution in [0.5, 0.6) is 0 Å². The van der Waals surface area contributed by atoms with Gasteiger partial charge in [-0.3, -0.25) is 0 Å². The fourth-order valence-corrected chi connectivity index (χ4v) is 1.56. The van der Waals surface area contributed by atoms with Crippen LogP contribution in [-0.4, -0.2) is 24.2 Å². The quantitative estimate of drug-likeness (QED) is 0.427. The summed E-state index contributed by atoms with van der Waals surface area (Å²) >= 11 is 0. The van der Waals surface area contributed by atoms with Crippen LogP contribution in [0.2, 0.25) is 0 Å². The molecule has 0 bridgehead atoms. The van der Waals surface area contributed by atoms with Crippen molar-refractivity contribution in [1.29, 1.82) is 0 Å². The zero-order valence-corrected chi connectivity index (χ0v) is 6.55. The van der Waals surface area contributed by atoms with Crippen LogP contribution in [0, 0.1) is 4.91 Å². The zero-order valence-electron chi connectivity index (χ0n) is 6.55. The number of nitrogens with zero attached hydrogens (tertiary/aromatic N) is 2. The van der Waals surface area contributed by atoms with E-state index in [1.54, 1.807) is 0 Å². The minimum atomic E-state index is 0.458. The van der Waals surface area contributed by atoms with Gasteiger partial charge in [0.15, 0.2) is 5.29 Å². The second-order valence-corrected chi connectivity index (χ2v) is 3.00. The molecule has 1 fully saturated rings. The van der Waals surface area contributed by atoms with Gasteiger partial charge in [0, 0.05) is 0 Å². The Balaban J connectivity index is 2.52. The molecule has 0 N–H and O–H groups in total. The maximum atomic E-state index is 10.4. The molecule has 3 nitrogen and oxygen atoms in total. The first-order chi connectivity index (χ1) is 4.83. The van der Waals surface area contributed by atoms with Crippen LogP contribution >= 0.6 is 0 Å². The van der Waals surface area contributed by atoms with Crippen molar-refractivity contribution in [3.63, 3.8) is 0 Å². The Morgan fingerprint density at radius 1 is 1.30 bits per heavy atom. The van der Waals surface area contributed by atoms with E-state index < -0.39 is 0 Å². The Morgan fingerprint density at radius 2 is 1.90 bits per heavy atom. The van der Waals surface area contributed by atoms with E-state index in [0.717, 1.165) is 19.6 Å². The predicted octanol–water partition coefficient (Wildman–Crippen LogP) is 1.69. The number of likely N-dealkylation sites (tertiary alicyclic amines) is 1. The monoisotopic (exact) mass is 143 g/mol. The summed E-state index contributed by atoms with van der Waals surface area (Å²) in [4.78, 5) is 10.4. The van der Waals surface area contributed by atoms with Crippen molar-refractivity contribution in [2.45, 2.75) is 26.2 Å². The van der Waals surface area contributed by atoms with Crippen LogP contribution in [0.25, 0.3) is 0 Å². The summed E-state index contributed by atoms with van der Waals surface area (Å²) < 4.78 is 0.458. The highest BCUT2D eigenvalue weighted by atomic mass is 16.3. The molecule has 3 heteroatoms. The van der Waals surface area contributed by atoms with Gasteiger partial charge in [-0.05, 0) is 26.2 Å². The normalized spacial score (nSPS) is 24.1. The van der Waals surface area contributed by atoms with E-state index in [9.17, 15) is 4.91 Å². The van der Waals surface area contributed by atoms with Crippen LogP contribution in [0.4, 0.5) is 0 Å². The molecule has 0 saturated carbocycles. The molecule has 0 amide bonds. The summed E-state index contributed by atoms with van der Waals surface area (Å²) in [6.45, 7) is 4.82. The SMILES string of the molecule is CC[N+]1(N=O)CCCCC1. The number of nitroso groups, excluding NO2 is 1. The fourth-order valence-electron chi connectivity index (χ4n) is 1.56. The van der Waals surface area contributed by atoms with E-state index in [1.807, 2.05) is 6.92 Å². The average Bonchev–Trinajstić information content (AvgIpc) is 2.06. The molecule has 1 rings (SSSR count). The molecule has 0 radical (unpaired) electrons. The number of hydrogen-bond donors (Lipinski definition) is 0. The van der Waals surface area contributed by atoms with Crippen LogP contribution in [0.3, 0.4) is 0 Å². The van der Waals surface area contributed by atoms with Crippen LogP contribution < -0.4 is 0 Å². The summed E-state index contributed by atoms with van der Waals surface area (Å²) in [5.41, 5.74) is 0. The molecule has 0 unspecified atom stereocenters. The van der Waals surface area contributed by atoms with Crippen LogP contribution in [0.1, 0.15) is 26.2 Å². The lowest BCUT2D eigenvalue weighted by Crippen LogP contribution is -2.46. The molecule has 0 aromatic heterocycles. The molecule has 1 heterocycles. The van der Waals surface area contributed by atoms with Gasteiger partial charge in [0.05, 0.1) is 0 Å². The maximum Gasteiger partial charge on any atom is 0.153 e. The second-order valence-electron chi connectivity index (χ2n) is 3.00. The highest BCUT2D eigenvalue weighted by Gasteiger charge is 2.29. The fraction of sp³-hybridized carbons (Fsp3) is 1.00. The van der Waals surface area contributed by atoms with Crippen molar-refractivity contribution in [2.75, 3.05) is 19.6 Å². The highest BCUT2D eigenvalue weighted by Crippen LogP contribution is 2.18. The lowest BCUT2D eigenvalue weighted by molar-refractivity contribution is -0.939. The molecule has 1 aliphatic heterocycles. The first-order valence-corrected chi connectivity index (χ1v) is 4.04. The molecule has 0 atom stereocenters. The van der Waals surface area contributed by atoms with Gasteiger partial charge in [0.25, 0.3) is 0 Å². The lowest BCUT2D eigenvalue weighted by atomic mass is 10.1. The van der Waals surface area contributed by atoms with Crippen LogP contribution in [0.15, 0.2) is 5.29 Å². The Kier molecular flexibility index (Phi) is 2.38. The Hall–Kier alpha value is -0.440. The molecular formula is C7H15N2O+. The van der Waals surface area contributed by atoms with Crippen molar-refractivity contribution in [1.82, 2.24) is 0 Å². The van der Waals surface area contributed by atoms with E-state index in [0.29, 0.717) is 4.59 Å². The number of quaternary nitrogens is 1. The van der Waals surface area contributed by atoms with Crippen molar-refractivity contribution >= 4 is 0 Å². The van der Waals surface area contributed by atoms with E-state index in [4.69, 9.17) is 0 Å². The van der Waals surface area contributed by atoms with Gasteiger partial charge in [0.1, 0.15) is 19.6 Å². The van der Waals surface area contributed by atoms with E-state index in [1.165, 1.54) is 19.3 Å². The van der Waals surface area contributed by atoms with Gasteiger partial charge >= 0.3 is 0 Å². The van der Waals surface area contributed by atoms with Gasteiger partial charge < -0.3 is 0 Å². The summed E-state index contributed by atoms with van der Waals surface area (Å²) in [5.74, 6) is 0. The zero-order chi connectivity index (χ0) is 7.45. The molecule has 0 aromatic carbocycles. The van der Waals surface area contributed by atoms with Crippen molar-refractivity contribution in [3.8, 4) is 0 Å². The molecule has 0 aliphatic carbocycles. The topological polar surface area (TPSA) is 29.4 Å². The first kappa shape index (κ1) is 7.66. The molecule has 0 aromatic rings. The molecular weight excluding hydrogens is 128 g/mol. The smallest absolute Gasteiger partial charge is 0.153 e. The third-order valence-corrected chi connectivity index (χ3v) is 2.41. The molecule has 0 spiro atoms. The number of rotatable bonds is 2. The Morgan fingerprint density at radius 3 is 2.20 bits per heavy atom. The number of piperidine rings is 1. The van der Waals surface area contributed by atoms with E-state index in [2.05, 4.69) is 5.29 Å². The summed E-state index contributed by atoms with van der Waals surface area (Å²) in [6, 6.07) is 0. The van der Waals surface area contributed by atoms with Gasteiger partial charge in [-0.15, -0.1) is 0 Å². The summed E-state index contributed by atoms with van der Waals surface area (Å²) in [5, 5.41) is 3.18. The molecule has 10 heavy (non-hydrogen) atoms. The molecule has 1 saturated heterocycles. The van der Waals surface area contributed by atoms with Gasteiger partial charge in [-0.2, -0.15) is 4.59 Å². The maximum absolute atomic E-state index is 10.4. The lowest BCUT2D eigenvalue weighted by Gasteiger charge is -2.30. The van der Waals surface area contributed by atoms with Crippen LogP contribution in [-0.2, 0) is 0 Å². The minimum absolute atomic E-state index is 0.458. The Labute approximate surface area is 61.6 Å². The largest absolute Gasteiger partial charge is 0.161 e. The standard InChI is InChI=1S/C7H15N2O/c1-2-9(8-10)6-4-3-5-7-9/h2-7H2,1H3/q+1. The van der Waals surface area contributed by atoms with Gasteiger partial charge in [-0.1, -0.05) is 4.91 Å². The van der Waals surface area contributed by atoms with Crippen molar-refractivity contribution in [3.05, 3.63) is 4.91 Å². The van der Waals surface area contributed by atoms with E-state index in [-0.39, 0.29) is 0 Å². The third-order valence-electron chi connectivity index (χ3n) is 2.41. The molecule has 1 aliphatic rings. The summed E-state index contributed by atoms with van der Waals surface area (Å²) in [7, 11) is 0. The van der Waals surface area contributed by atoms with Gasteiger partial charge in [-0.25, -0.2) is 0 Å². The van der Waals surface area contributed by atoms with Crippen molar-refractivity contribution < 1.29 is 4.59 Å². The predicted molar refractivity (Wildman–Crippen MR) is 40.2 cm³/mol. The van der Waals surface area contributed by atoms with E-state index >= 15 is 0 Å².